The molecule has 0 saturated heterocycles. The Bertz CT molecular complexity index is 539. The summed E-state index contributed by atoms with van der Waals surface area (Å²) in [7, 11) is 1.67. The third-order valence-corrected chi connectivity index (χ3v) is 3.96. The third-order valence-electron chi connectivity index (χ3n) is 3.15. The molecule has 1 heterocycles. The number of benzene rings is 1. The van der Waals surface area contributed by atoms with Gasteiger partial charge in [-0.2, -0.15) is 0 Å². The number of aromatic nitrogens is 1. The van der Waals surface area contributed by atoms with E-state index in [0.29, 0.717) is 6.04 Å². The van der Waals surface area contributed by atoms with Crippen molar-refractivity contribution in [2.24, 2.45) is 0 Å². The van der Waals surface area contributed by atoms with Gasteiger partial charge in [0.2, 0.25) is 0 Å². The number of hydrogen-bond donors (Lipinski definition) is 2. The Morgan fingerprint density at radius 1 is 1.29 bits per heavy atom. The van der Waals surface area contributed by atoms with Crippen LogP contribution in [0.4, 0.5) is 10.8 Å². The topological polar surface area (TPSA) is 46.2 Å². The van der Waals surface area contributed by atoms with Crippen molar-refractivity contribution >= 4 is 22.2 Å². The fourth-order valence-corrected chi connectivity index (χ4v) is 2.78. The summed E-state index contributed by atoms with van der Waals surface area (Å²) in [5.74, 6) is 0.858. The van der Waals surface area contributed by atoms with Gasteiger partial charge in [-0.05, 0) is 44.2 Å². The molecule has 1 aromatic heterocycles. The molecular formula is C16H23N3OS. The molecule has 1 unspecified atom stereocenters. The van der Waals surface area contributed by atoms with Crippen LogP contribution < -0.4 is 15.4 Å². The summed E-state index contributed by atoms with van der Waals surface area (Å²) in [5.41, 5.74) is 2.15. The number of ether oxygens (including phenoxy) is 1. The Kier molecular flexibility index (Phi) is 6.02. The second kappa shape index (κ2) is 8.00. The largest absolute Gasteiger partial charge is 0.497 e. The lowest BCUT2D eigenvalue weighted by atomic mass is 10.2. The van der Waals surface area contributed by atoms with E-state index in [-0.39, 0.29) is 0 Å². The van der Waals surface area contributed by atoms with Crippen LogP contribution in [0.5, 0.6) is 5.75 Å². The monoisotopic (exact) mass is 305 g/mol. The molecule has 2 aromatic rings. The lowest BCUT2D eigenvalue weighted by Crippen LogP contribution is -2.28. The highest BCUT2D eigenvalue weighted by molar-refractivity contribution is 7.13. The van der Waals surface area contributed by atoms with Crippen LogP contribution in [0.1, 0.15) is 26.0 Å². The molecule has 0 radical (unpaired) electrons. The van der Waals surface area contributed by atoms with Gasteiger partial charge >= 0.3 is 0 Å². The lowest BCUT2D eigenvalue weighted by molar-refractivity contribution is 0.415. The van der Waals surface area contributed by atoms with E-state index in [2.05, 4.69) is 34.8 Å². The Balaban J connectivity index is 1.90. The molecule has 0 amide bonds. The van der Waals surface area contributed by atoms with Gasteiger partial charge in [0.25, 0.3) is 0 Å². The number of rotatable bonds is 8. The summed E-state index contributed by atoms with van der Waals surface area (Å²) < 4.78 is 5.15. The molecule has 0 aliphatic heterocycles. The second-order valence-electron chi connectivity index (χ2n) is 5.06. The van der Waals surface area contributed by atoms with Crippen molar-refractivity contribution < 1.29 is 4.74 Å². The molecule has 0 saturated carbocycles. The molecular weight excluding hydrogens is 282 g/mol. The molecule has 2 rings (SSSR count). The van der Waals surface area contributed by atoms with Crippen LogP contribution in [0.25, 0.3) is 0 Å². The Morgan fingerprint density at radius 3 is 2.71 bits per heavy atom. The second-order valence-corrected chi connectivity index (χ2v) is 5.91. The van der Waals surface area contributed by atoms with E-state index in [1.54, 1.807) is 18.4 Å². The predicted molar refractivity (Wildman–Crippen MR) is 89.9 cm³/mol. The van der Waals surface area contributed by atoms with E-state index in [0.717, 1.165) is 41.6 Å². The van der Waals surface area contributed by atoms with Gasteiger partial charge in [0.15, 0.2) is 5.13 Å². The van der Waals surface area contributed by atoms with Crippen molar-refractivity contribution in [1.29, 1.82) is 0 Å². The molecule has 0 fully saturated rings. The predicted octanol–water partition coefficient (Wildman–Crippen LogP) is 3.83. The summed E-state index contributed by atoms with van der Waals surface area (Å²) >= 11 is 1.64. The van der Waals surface area contributed by atoms with Gasteiger partial charge in [-0.25, -0.2) is 4.98 Å². The van der Waals surface area contributed by atoms with Crippen molar-refractivity contribution in [3.63, 3.8) is 0 Å². The first kappa shape index (κ1) is 15.8. The van der Waals surface area contributed by atoms with Crippen LogP contribution >= 0.6 is 11.3 Å². The fraction of sp³-hybridized carbons (Fsp3) is 0.438. The lowest BCUT2D eigenvalue weighted by Gasteiger charge is -2.10. The average molecular weight is 305 g/mol. The number of hydrogen-bond acceptors (Lipinski definition) is 5. The van der Waals surface area contributed by atoms with Gasteiger partial charge in [0.1, 0.15) is 5.75 Å². The Hall–Kier alpha value is -1.59. The summed E-state index contributed by atoms with van der Waals surface area (Å²) in [4.78, 5) is 4.63. The maximum Gasteiger partial charge on any atom is 0.187 e. The minimum absolute atomic E-state index is 0.459. The first-order valence-corrected chi connectivity index (χ1v) is 8.18. The molecule has 0 aliphatic rings. The van der Waals surface area contributed by atoms with Crippen LogP contribution in [0, 0.1) is 0 Å². The van der Waals surface area contributed by atoms with Crippen LogP contribution in [0.2, 0.25) is 0 Å². The van der Waals surface area contributed by atoms with Gasteiger partial charge in [-0.1, -0.05) is 6.92 Å². The summed E-state index contributed by atoms with van der Waals surface area (Å²) in [6, 6.07) is 8.32. The molecule has 2 N–H and O–H groups in total. The number of methoxy groups -OCH3 is 1. The normalized spacial score (nSPS) is 12.1. The van der Waals surface area contributed by atoms with Gasteiger partial charge in [0, 0.05) is 23.5 Å². The first-order valence-electron chi connectivity index (χ1n) is 7.30. The maximum atomic E-state index is 5.15. The molecule has 1 aromatic carbocycles. The third kappa shape index (κ3) is 5.02. The molecule has 0 aliphatic carbocycles. The fourth-order valence-electron chi connectivity index (χ4n) is 2.03. The van der Waals surface area contributed by atoms with Crippen molar-refractivity contribution in [3.8, 4) is 5.75 Å². The molecule has 1 atom stereocenters. The average Bonchev–Trinajstić information content (AvgIpc) is 2.93. The van der Waals surface area contributed by atoms with E-state index in [1.807, 2.05) is 24.3 Å². The number of nitrogens with zero attached hydrogens (tertiary/aromatic N) is 1. The minimum Gasteiger partial charge on any atom is -0.497 e. The van der Waals surface area contributed by atoms with Crippen LogP contribution in [-0.4, -0.2) is 24.7 Å². The summed E-state index contributed by atoms with van der Waals surface area (Å²) in [6.45, 7) is 5.44. The summed E-state index contributed by atoms with van der Waals surface area (Å²) in [5, 5.41) is 9.86. The van der Waals surface area contributed by atoms with E-state index in [9.17, 15) is 0 Å². The minimum atomic E-state index is 0.459. The van der Waals surface area contributed by atoms with Crippen LogP contribution in [0.3, 0.4) is 0 Å². The van der Waals surface area contributed by atoms with E-state index < -0.39 is 0 Å². The van der Waals surface area contributed by atoms with Gasteiger partial charge in [-0.15, -0.1) is 11.3 Å². The van der Waals surface area contributed by atoms with Crippen molar-refractivity contribution in [2.45, 2.75) is 32.7 Å². The SMILES string of the molecule is CCCNC(C)Cc1csc(Nc2ccc(OC)cc2)n1. The number of anilines is 2. The standard InChI is InChI=1S/C16H23N3OS/c1-4-9-17-12(2)10-14-11-21-16(19-14)18-13-5-7-15(20-3)8-6-13/h5-8,11-12,17H,4,9-10H2,1-3H3,(H,18,19). The van der Waals surface area contributed by atoms with E-state index in [4.69, 9.17) is 4.74 Å². The molecule has 21 heavy (non-hydrogen) atoms. The highest BCUT2D eigenvalue weighted by Gasteiger charge is 2.07. The smallest absolute Gasteiger partial charge is 0.187 e. The van der Waals surface area contributed by atoms with Gasteiger partial charge in [-0.3, -0.25) is 0 Å². The summed E-state index contributed by atoms with van der Waals surface area (Å²) in [6.07, 6.45) is 2.12. The maximum absolute atomic E-state index is 5.15. The quantitative estimate of drug-likeness (QED) is 0.778. The molecule has 114 valence electrons. The Labute approximate surface area is 130 Å². The van der Waals surface area contributed by atoms with Crippen LogP contribution in [0.15, 0.2) is 29.6 Å². The zero-order valence-corrected chi connectivity index (χ0v) is 13.7. The van der Waals surface area contributed by atoms with E-state index in [1.165, 1.54) is 0 Å². The highest BCUT2D eigenvalue weighted by Crippen LogP contribution is 2.23. The molecule has 4 nitrogen and oxygen atoms in total. The zero-order valence-electron chi connectivity index (χ0n) is 12.8. The van der Waals surface area contributed by atoms with Crippen molar-refractivity contribution in [3.05, 3.63) is 35.3 Å². The molecule has 5 heteroatoms. The Morgan fingerprint density at radius 2 is 2.05 bits per heavy atom. The van der Waals surface area contributed by atoms with Gasteiger partial charge < -0.3 is 15.4 Å². The number of nitrogens with one attached hydrogen (secondary N) is 2. The molecule has 0 spiro atoms. The molecule has 0 bridgehead atoms. The van der Waals surface area contributed by atoms with Crippen LogP contribution in [-0.2, 0) is 6.42 Å². The van der Waals surface area contributed by atoms with E-state index >= 15 is 0 Å². The zero-order chi connectivity index (χ0) is 15.1. The first-order chi connectivity index (χ1) is 10.2. The number of thiazole rings is 1. The van der Waals surface area contributed by atoms with Gasteiger partial charge in [0.05, 0.1) is 12.8 Å². The van der Waals surface area contributed by atoms with Crippen molar-refractivity contribution in [2.75, 3.05) is 19.0 Å². The van der Waals surface area contributed by atoms with Crippen molar-refractivity contribution in [1.82, 2.24) is 10.3 Å². The highest BCUT2D eigenvalue weighted by atomic mass is 32.1.